The zero-order chi connectivity index (χ0) is 21.2. The van der Waals surface area contributed by atoms with Gasteiger partial charge < -0.3 is 29.2 Å². The van der Waals surface area contributed by atoms with Crippen LogP contribution in [0.5, 0.6) is 23.0 Å². The number of halogens is 1. The SMILES string of the molecule is CN=C(NCCc1c(OC)cc(OC)cc1OC)N(C)Cc1ccccc1OC.I. The minimum Gasteiger partial charge on any atom is -0.496 e. The van der Waals surface area contributed by atoms with Gasteiger partial charge >= 0.3 is 0 Å². The lowest BCUT2D eigenvalue weighted by atomic mass is 10.1. The predicted octanol–water partition coefficient (Wildman–Crippen LogP) is 3.59. The lowest BCUT2D eigenvalue weighted by Crippen LogP contribution is -2.39. The van der Waals surface area contributed by atoms with Crippen molar-refractivity contribution in [3.8, 4) is 23.0 Å². The molecule has 8 heteroatoms. The fourth-order valence-electron chi connectivity index (χ4n) is 3.17. The number of ether oxygens (including phenoxy) is 4. The number of methoxy groups -OCH3 is 4. The summed E-state index contributed by atoms with van der Waals surface area (Å²) in [5, 5.41) is 3.40. The highest BCUT2D eigenvalue weighted by Gasteiger charge is 2.14. The van der Waals surface area contributed by atoms with E-state index in [1.807, 2.05) is 37.4 Å². The van der Waals surface area contributed by atoms with Crippen LogP contribution >= 0.6 is 24.0 Å². The Morgan fingerprint density at radius 2 is 1.53 bits per heavy atom. The zero-order valence-corrected chi connectivity index (χ0v) is 20.9. The molecule has 0 bridgehead atoms. The van der Waals surface area contributed by atoms with Crippen LogP contribution in [0.25, 0.3) is 0 Å². The number of guanidine groups is 1. The average Bonchev–Trinajstić information content (AvgIpc) is 2.76. The molecule has 0 saturated carbocycles. The van der Waals surface area contributed by atoms with Crippen LogP contribution in [0.4, 0.5) is 0 Å². The van der Waals surface area contributed by atoms with Crippen LogP contribution in [-0.2, 0) is 13.0 Å². The number of nitrogens with one attached hydrogen (secondary N) is 1. The van der Waals surface area contributed by atoms with Gasteiger partial charge in [-0.3, -0.25) is 4.99 Å². The second-order valence-corrected chi connectivity index (χ2v) is 6.40. The van der Waals surface area contributed by atoms with E-state index >= 15 is 0 Å². The van der Waals surface area contributed by atoms with E-state index in [-0.39, 0.29) is 24.0 Å². The van der Waals surface area contributed by atoms with Crippen molar-refractivity contribution < 1.29 is 18.9 Å². The Morgan fingerprint density at radius 3 is 2.07 bits per heavy atom. The minimum absolute atomic E-state index is 0. The molecule has 2 aromatic carbocycles. The Kier molecular flexibility index (Phi) is 11.2. The Balaban J connectivity index is 0.00000450. The highest BCUT2D eigenvalue weighted by Crippen LogP contribution is 2.34. The van der Waals surface area contributed by atoms with E-state index in [0.717, 1.165) is 34.3 Å². The van der Waals surface area contributed by atoms with E-state index in [0.29, 0.717) is 25.3 Å². The molecule has 0 amide bonds. The third-order valence-electron chi connectivity index (χ3n) is 4.65. The van der Waals surface area contributed by atoms with Gasteiger partial charge in [0, 0.05) is 50.4 Å². The molecule has 0 heterocycles. The van der Waals surface area contributed by atoms with Crippen molar-refractivity contribution in [2.75, 3.05) is 49.1 Å². The van der Waals surface area contributed by atoms with E-state index < -0.39 is 0 Å². The van der Waals surface area contributed by atoms with Gasteiger partial charge in [-0.15, -0.1) is 24.0 Å². The van der Waals surface area contributed by atoms with Crippen LogP contribution < -0.4 is 24.3 Å². The van der Waals surface area contributed by atoms with Gasteiger partial charge in [0.1, 0.15) is 23.0 Å². The first-order valence-electron chi connectivity index (χ1n) is 9.40. The fourth-order valence-corrected chi connectivity index (χ4v) is 3.17. The number of benzene rings is 2. The third-order valence-corrected chi connectivity index (χ3v) is 4.65. The second kappa shape index (κ2) is 13.0. The highest BCUT2D eigenvalue weighted by atomic mass is 127. The molecule has 0 spiro atoms. The molecule has 0 aliphatic rings. The molecular weight excluding hydrogens is 497 g/mol. The second-order valence-electron chi connectivity index (χ2n) is 6.40. The van der Waals surface area contributed by atoms with Gasteiger partial charge in [-0.05, 0) is 12.5 Å². The van der Waals surface area contributed by atoms with Gasteiger partial charge in [-0.2, -0.15) is 0 Å². The van der Waals surface area contributed by atoms with E-state index in [1.165, 1.54) is 0 Å². The number of hydrogen-bond donors (Lipinski definition) is 1. The standard InChI is InChI=1S/C22H31N3O4.HI/c1-23-22(25(2)15-16-9-7-8-10-19(16)27-4)24-12-11-18-20(28-5)13-17(26-3)14-21(18)29-6;/h7-10,13-14H,11-12,15H2,1-6H3,(H,23,24);1H. The topological polar surface area (TPSA) is 64.6 Å². The van der Waals surface area contributed by atoms with E-state index in [9.17, 15) is 0 Å². The van der Waals surface area contributed by atoms with E-state index in [4.69, 9.17) is 18.9 Å². The van der Waals surface area contributed by atoms with Gasteiger partial charge in [0.15, 0.2) is 5.96 Å². The number of rotatable bonds is 9. The molecule has 166 valence electrons. The monoisotopic (exact) mass is 529 g/mol. The molecule has 0 aromatic heterocycles. The third kappa shape index (κ3) is 6.58. The van der Waals surface area contributed by atoms with Crippen molar-refractivity contribution in [2.45, 2.75) is 13.0 Å². The molecule has 0 aliphatic carbocycles. The molecule has 0 aliphatic heterocycles. The molecule has 30 heavy (non-hydrogen) atoms. The molecule has 2 rings (SSSR count). The Bertz CT molecular complexity index is 805. The summed E-state index contributed by atoms with van der Waals surface area (Å²) in [7, 11) is 10.4. The maximum absolute atomic E-state index is 5.52. The van der Waals surface area contributed by atoms with Crippen LogP contribution in [0, 0.1) is 0 Å². The van der Waals surface area contributed by atoms with E-state index in [1.54, 1.807) is 35.5 Å². The summed E-state index contributed by atoms with van der Waals surface area (Å²) < 4.78 is 21.8. The molecule has 0 atom stereocenters. The smallest absolute Gasteiger partial charge is 0.193 e. The lowest BCUT2D eigenvalue weighted by Gasteiger charge is -2.23. The predicted molar refractivity (Wildman–Crippen MR) is 131 cm³/mol. The number of hydrogen-bond acceptors (Lipinski definition) is 5. The first kappa shape index (κ1) is 25.7. The molecule has 1 N–H and O–H groups in total. The number of aliphatic imine (C=N–C) groups is 1. The molecule has 0 fully saturated rings. The Labute approximate surface area is 196 Å². The van der Waals surface area contributed by atoms with Gasteiger partial charge in [0.25, 0.3) is 0 Å². The summed E-state index contributed by atoms with van der Waals surface area (Å²) in [6, 6.07) is 11.7. The quantitative estimate of drug-likeness (QED) is 0.305. The van der Waals surface area contributed by atoms with Crippen LogP contribution in [0.2, 0.25) is 0 Å². The summed E-state index contributed by atoms with van der Waals surface area (Å²) >= 11 is 0. The van der Waals surface area contributed by atoms with Crippen molar-refractivity contribution in [1.29, 1.82) is 0 Å². The number of para-hydroxylation sites is 1. The van der Waals surface area contributed by atoms with Crippen molar-refractivity contribution >= 4 is 29.9 Å². The first-order chi connectivity index (χ1) is 14.1. The van der Waals surface area contributed by atoms with Crippen LogP contribution in [-0.4, -0.2) is 59.9 Å². The fraction of sp³-hybridized carbons (Fsp3) is 0.409. The molecule has 0 radical (unpaired) electrons. The van der Waals surface area contributed by atoms with Gasteiger partial charge in [-0.1, -0.05) is 18.2 Å². The maximum Gasteiger partial charge on any atom is 0.193 e. The molecule has 0 unspecified atom stereocenters. The van der Waals surface area contributed by atoms with Crippen LogP contribution in [0.15, 0.2) is 41.4 Å². The number of nitrogens with zero attached hydrogens (tertiary/aromatic N) is 2. The summed E-state index contributed by atoms with van der Waals surface area (Å²) in [5.41, 5.74) is 2.07. The van der Waals surface area contributed by atoms with E-state index in [2.05, 4.69) is 21.3 Å². The van der Waals surface area contributed by atoms with Gasteiger partial charge in [-0.25, -0.2) is 0 Å². The zero-order valence-electron chi connectivity index (χ0n) is 18.5. The summed E-state index contributed by atoms with van der Waals surface area (Å²) in [6.45, 7) is 1.35. The molecule has 2 aromatic rings. The maximum atomic E-state index is 5.52. The van der Waals surface area contributed by atoms with Crippen LogP contribution in [0.3, 0.4) is 0 Å². The van der Waals surface area contributed by atoms with Crippen molar-refractivity contribution in [1.82, 2.24) is 10.2 Å². The summed E-state index contributed by atoms with van der Waals surface area (Å²) in [5.74, 6) is 3.83. The lowest BCUT2D eigenvalue weighted by molar-refractivity contribution is 0.368. The molecular formula is C22H32IN3O4. The van der Waals surface area contributed by atoms with Crippen molar-refractivity contribution in [3.05, 3.63) is 47.5 Å². The normalized spacial score (nSPS) is 10.7. The average molecular weight is 529 g/mol. The van der Waals surface area contributed by atoms with Crippen molar-refractivity contribution in [2.24, 2.45) is 4.99 Å². The largest absolute Gasteiger partial charge is 0.496 e. The summed E-state index contributed by atoms with van der Waals surface area (Å²) in [4.78, 5) is 6.45. The Hall–Kier alpha value is -2.36. The molecule has 0 saturated heterocycles. The van der Waals surface area contributed by atoms with Crippen LogP contribution in [0.1, 0.15) is 11.1 Å². The molecule has 7 nitrogen and oxygen atoms in total. The van der Waals surface area contributed by atoms with Gasteiger partial charge in [0.2, 0.25) is 0 Å². The Morgan fingerprint density at radius 1 is 0.933 bits per heavy atom. The first-order valence-corrected chi connectivity index (χ1v) is 9.40. The van der Waals surface area contributed by atoms with Crippen molar-refractivity contribution in [3.63, 3.8) is 0 Å². The van der Waals surface area contributed by atoms with Gasteiger partial charge in [0.05, 0.1) is 28.4 Å². The minimum atomic E-state index is 0. The highest BCUT2D eigenvalue weighted by molar-refractivity contribution is 14.0. The summed E-state index contributed by atoms with van der Waals surface area (Å²) in [6.07, 6.45) is 0.706.